The zero-order valence-electron chi connectivity index (χ0n) is 10.9. The summed E-state index contributed by atoms with van der Waals surface area (Å²) in [4.78, 5) is 25.2. The summed E-state index contributed by atoms with van der Waals surface area (Å²) in [6, 6.07) is -0.361. The predicted molar refractivity (Wildman–Crippen MR) is 65.5 cm³/mol. The first-order valence-corrected chi connectivity index (χ1v) is 5.32. The number of carbonyl (C=O) groups is 2. The topological polar surface area (TPSA) is 60.9 Å². The van der Waals surface area contributed by atoms with Crippen LogP contribution in [0.5, 0.6) is 0 Å². The van der Waals surface area contributed by atoms with Crippen LogP contribution in [0.4, 0.5) is 4.79 Å². The van der Waals surface area contributed by atoms with Crippen molar-refractivity contribution in [2.75, 3.05) is 26.7 Å². The Morgan fingerprint density at radius 2 is 1.88 bits per heavy atom. The van der Waals surface area contributed by atoms with Crippen LogP contribution in [0.1, 0.15) is 20.8 Å². The van der Waals surface area contributed by atoms with Crippen LogP contribution < -0.4 is 0 Å². The number of carboxylic acids is 1. The number of hydrogen-bond donors (Lipinski definition) is 1. The summed E-state index contributed by atoms with van der Waals surface area (Å²) < 4.78 is 0. The lowest BCUT2D eigenvalue weighted by Crippen LogP contribution is -2.46. The fourth-order valence-corrected chi connectivity index (χ4v) is 1.49. The van der Waals surface area contributed by atoms with E-state index in [-0.39, 0.29) is 24.5 Å². The van der Waals surface area contributed by atoms with E-state index in [4.69, 9.17) is 11.5 Å². The zero-order chi connectivity index (χ0) is 13.6. The SMILES string of the molecule is C#CCN(CC(=O)O)C(=O)N(C)CC(C)(C)C. The van der Waals surface area contributed by atoms with Gasteiger partial charge in [-0.3, -0.25) is 4.79 Å². The molecule has 0 unspecified atom stereocenters. The van der Waals surface area contributed by atoms with Crippen LogP contribution >= 0.6 is 0 Å². The third-order valence-electron chi connectivity index (χ3n) is 1.92. The predicted octanol–water partition coefficient (Wildman–Crippen LogP) is 1.10. The van der Waals surface area contributed by atoms with E-state index in [1.165, 1.54) is 4.90 Å². The number of amides is 2. The van der Waals surface area contributed by atoms with Gasteiger partial charge in [0, 0.05) is 13.6 Å². The van der Waals surface area contributed by atoms with Crippen molar-refractivity contribution >= 4 is 12.0 Å². The van der Waals surface area contributed by atoms with Gasteiger partial charge in [0.15, 0.2) is 0 Å². The van der Waals surface area contributed by atoms with Gasteiger partial charge in [0.1, 0.15) is 6.54 Å². The van der Waals surface area contributed by atoms with Gasteiger partial charge >= 0.3 is 12.0 Å². The van der Waals surface area contributed by atoms with Crippen LogP contribution in [0, 0.1) is 17.8 Å². The summed E-state index contributed by atoms with van der Waals surface area (Å²) in [5.41, 5.74) is -0.0462. The summed E-state index contributed by atoms with van der Waals surface area (Å²) in [6.45, 7) is 6.15. The highest BCUT2D eigenvalue weighted by Gasteiger charge is 2.23. The van der Waals surface area contributed by atoms with Gasteiger partial charge in [-0.2, -0.15) is 0 Å². The van der Waals surface area contributed by atoms with Crippen molar-refractivity contribution in [1.82, 2.24) is 9.80 Å². The third kappa shape index (κ3) is 6.46. The van der Waals surface area contributed by atoms with Crippen LogP contribution in [0.15, 0.2) is 0 Å². The number of carbonyl (C=O) groups excluding carboxylic acids is 1. The van der Waals surface area contributed by atoms with Gasteiger partial charge in [-0.05, 0) is 5.41 Å². The van der Waals surface area contributed by atoms with Gasteiger partial charge in [-0.25, -0.2) is 4.79 Å². The number of urea groups is 1. The van der Waals surface area contributed by atoms with Crippen molar-refractivity contribution < 1.29 is 14.7 Å². The van der Waals surface area contributed by atoms with E-state index in [0.717, 1.165) is 4.90 Å². The molecule has 0 aromatic rings. The van der Waals surface area contributed by atoms with Gasteiger partial charge < -0.3 is 14.9 Å². The molecule has 0 saturated heterocycles. The number of aliphatic carboxylic acids is 1. The molecule has 0 fully saturated rings. The molecule has 17 heavy (non-hydrogen) atoms. The van der Waals surface area contributed by atoms with E-state index < -0.39 is 5.97 Å². The second kappa shape index (κ2) is 6.14. The smallest absolute Gasteiger partial charge is 0.323 e. The lowest BCUT2D eigenvalue weighted by Gasteiger charge is -2.30. The molecule has 96 valence electrons. The van der Waals surface area contributed by atoms with Crippen molar-refractivity contribution in [1.29, 1.82) is 0 Å². The molecule has 0 rings (SSSR count). The van der Waals surface area contributed by atoms with Crippen LogP contribution in [-0.4, -0.2) is 53.6 Å². The number of rotatable bonds is 4. The van der Waals surface area contributed by atoms with Crippen molar-refractivity contribution in [3.63, 3.8) is 0 Å². The van der Waals surface area contributed by atoms with E-state index in [1.54, 1.807) is 7.05 Å². The Bertz CT molecular complexity index is 326. The highest BCUT2D eigenvalue weighted by molar-refractivity contribution is 5.80. The standard InChI is InChI=1S/C12H20N2O3/c1-6-7-14(8-10(15)16)11(17)13(5)9-12(2,3)4/h1H,7-9H2,2-5H3,(H,15,16). The fourth-order valence-electron chi connectivity index (χ4n) is 1.49. The number of terminal acetylenes is 1. The highest BCUT2D eigenvalue weighted by atomic mass is 16.4. The zero-order valence-corrected chi connectivity index (χ0v) is 10.9. The fraction of sp³-hybridized carbons (Fsp3) is 0.667. The molecule has 1 N–H and O–H groups in total. The highest BCUT2D eigenvalue weighted by Crippen LogP contribution is 2.15. The first-order chi connectivity index (χ1) is 7.67. The van der Waals surface area contributed by atoms with Crippen LogP contribution in [0.2, 0.25) is 0 Å². The first kappa shape index (κ1) is 15.3. The monoisotopic (exact) mass is 240 g/mol. The molecular formula is C12H20N2O3. The summed E-state index contributed by atoms with van der Waals surface area (Å²) in [5, 5.41) is 8.69. The van der Waals surface area contributed by atoms with Gasteiger partial charge in [0.05, 0.1) is 6.54 Å². The van der Waals surface area contributed by atoms with Crippen molar-refractivity contribution in [3.05, 3.63) is 0 Å². The minimum absolute atomic E-state index is 0.000381. The summed E-state index contributed by atoms with van der Waals surface area (Å²) >= 11 is 0. The molecule has 0 aromatic carbocycles. The van der Waals surface area contributed by atoms with Gasteiger partial charge in [0.25, 0.3) is 0 Å². The molecule has 0 aliphatic carbocycles. The minimum atomic E-state index is -1.07. The average molecular weight is 240 g/mol. The van der Waals surface area contributed by atoms with E-state index in [2.05, 4.69) is 5.92 Å². The number of nitrogens with zero attached hydrogens (tertiary/aromatic N) is 2. The van der Waals surface area contributed by atoms with Gasteiger partial charge in [-0.15, -0.1) is 6.42 Å². The molecule has 0 aromatic heterocycles. The molecule has 5 heteroatoms. The minimum Gasteiger partial charge on any atom is -0.480 e. The Morgan fingerprint density at radius 1 is 1.35 bits per heavy atom. The average Bonchev–Trinajstić information content (AvgIpc) is 2.12. The van der Waals surface area contributed by atoms with Crippen molar-refractivity contribution in [3.8, 4) is 12.3 Å². The first-order valence-electron chi connectivity index (χ1n) is 5.32. The molecule has 0 spiro atoms. The molecule has 0 aliphatic rings. The molecular weight excluding hydrogens is 220 g/mol. The molecule has 5 nitrogen and oxygen atoms in total. The lowest BCUT2D eigenvalue weighted by atomic mass is 9.96. The maximum Gasteiger partial charge on any atom is 0.323 e. The van der Waals surface area contributed by atoms with Crippen molar-refractivity contribution in [2.45, 2.75) is 20.8 Å². The molecule has 0 atom stereocenters. The Morgan fingerprint density at radius 3 is 2.24 bits per heavy atom. The molecule has 0 radical (unpaired) electrons. The summed E-state index contributed by atoms with van der Waals surface area (Å²) in [5.74, 6) is 1.22. The molecule has 0 saturated carbocycles. The molecule has 0 bridgehead atoms. The van der Waals surface area contributed by atoms with Crippen LogP contribution in [0.25, 0.3) is 0 Å². The van der Waals surface area contributed by atoms with E-state index in [9.17, 15) is 9.59 Å². The maximum absolute atomic E-state index is 11.9. The maximum atomic E-state index is 11.9. The van der Waals surface area contributed by atoms with Crippen LogP contribution in [0.3, 0.4) is 0 Å². The Hall–Kier alpha value is -1.70. The van der Waals surface area contributed by atoms with Gasteiger partial charge in [0.2, 0.25) is 0 Å². The molecule has 0 heterocycles. The van der Waals surface area contributed by atoms with Crippen LogP contribution in [-0.2, 0) is 4.79 Å². The largest absolute Gasteiger partial charge is 0.480 e. The quantitative estimate of drug-likeness (QED) is 0.749. The molecule has 0 aliphatic heterocycles. The Kier molecular flexibility index (Phi) is 5.52. The lowest BCUT2D eigenvalue weighted by molar-refractivity contribution is -0.137. The van der Waals surface area contributed by atoms with E-state index >= 15 is 0 Å². The van der Waals surface area contributed by atoms with E-state index in [0.29, 0.717) is 6.54 Å². The normalized spacial score (nSPS) is 10.5. The van der Waals surface area contributed by atoms with E-state index in [1.807, 2.05) is 20.8 Å². The third-order valence-corrected chi connectivity index (χ3v) is 1.92. The van der Waals surface area contributed by atoms with Gasteiger partial charge in [-0.1, -0.05) is 26.7 Å². The Balaban J connectivity index is 4.61. The van der Waals surface area contributed by atoms with Crippen molar-refractivity contribution in [2.24, 2.45) is 5.41 Å². The number of carboxylic acid groups (broad SMARTS) is 1. The number of hydrogen-bond acceptors (Lipinski definition) is 2. The molecule has 2 amide bonds. The summed E-state index contributed by atoms with van der Waals surface area (Å²) in [7, 11) is 1.64. The second-order valence-corrected chi connectivity index (χ2v) is 5.15. The Labute approximate surface area is 102 Å². The summed E-state index contributed by atoms with van der Waals surface area (Å²) in [6.07, 6.45) is 5.11. The second-order valence-electron chi connectivity index (χ2n) is 5.15.